The van der Waals surface area contributed by atoms with E-state index >= 15 is 0 Å². The average Bonchev–Trinajstić information content (AvgIpc) is 2.64. The highest BCUT2D eigenvalue weighted by Crippen LogP contribution is 2.26. The van der Waals surface area contributed by atoms with Gasteiger partial charge in [-0.25, -0.2) is 0 Å². The zero-order chi connectivity index (χ0) is 12.9. The third-order valence-electron chi connectivity index (χ3n) is 3.75. The lowest BCUT2D eigenvalue weighted by Gasteiger charge is -2.32. The average molecular weight is 241 g/mol. The van der Waals surface area contributed by atoms with Crippen molar-refractivity contribution in [1.29, 1.82) is 0 Å². The molecule has 0 aliphatic carbocycles. The molecule has 98 valence electrons. The van der Waals surface area contributed by atoms with Crippen molar-refractivity contribution in [3.63, 3.8) is 0 Å². The van der Waals surface area contributed by atoms with Crippen molar-refractivity contribution in [2.75, 3.05) is 13.1 Å². The van der Waals surface area contributed by atoms with Crippen LogP contribution in [0.15, 0.2) is 5.16 Å². The minimum atomic E-state index is -0.876. The maximum atomic E-state index is 12.5. The quantitative estimate of drug-likeness (QED) is 0.340. The number of oxime groups is 1. The van der Waals surface area contributed by atoms with Gasteiger partial charge in [0.1, 0.15) is 5.41 Å². The monoisotopic (exact) mass is 241 g/mol. The van der Waals surface area contributed by atoms with Crippen molar-refractivity contribution in [2.24, 2.45) is 16.3 Å². The summed E-state index contributed by atoms with van der Waals surface area (Å²) in [5.74, 6) is -0.00792. The Morgan fingerprint density at radius 2 is 1.88 bits per heavy atom. The highest BCUT2D eigenvalue weighted by molar-refractivity contribution is 6.06. The van der Waals surface area contributed by atoms with Gasteiger partial charge in [-0.15, -0.1) is 0 Å². The van der Waals surface area contributed by atoms with E-state index in [1.807, 2.05) is 11.8 Å². The molecule has 1 saturated heterocycles. The Labute approximate surface area is 103 Å². The van der Waals surface area contributed by atoms with Gasteiger partial charge in [0, 0.05) is 13.1 Å². The van der Waals surface area contributed by atoms with Gasteiger partial charge in [-0.1, -0.05) is 24.9 Å². The number of hydrogen-bond donors (Lipinski definition) is 2. The molecule has 1 amide bonds. The van der Waals surface area contributed by atoms with Crippen molar-refractivity contribution >= 4 is 11.7 Å². The summed E-state index contributed by atoms with van der Waals surface area (Å²) < 4.78 is 0. The third kappa shape index (κ3) is 2.90. The van der Waals surface area contributed by atoms with Crippen LogP contribution in [0.25, 0.3) is 0 Å². The molecule has 1 atom stereocenters. The van der Waals surface area contributed by atoms with E-state index in [0.717, 1.165) is 25.9 Å². The smallest absolute Gasteiger partial charge is 0.236 e. The van der Waals surface area contributed by atoms with Crippen LogP contribution in [0.1, 0.15) is 46.0 Å². The Bertz CT molecular complexity index is 296. The molecule has 5 heteroatoms. The highest BCUT2D eigenvalue weighted by Gasteiger charge is 2.39. The first-order valence-corrected chi connectivity index (χ1v) is 6.33. The molecule has 1 unspecified atom stereocenters. The second-order valence-electron chi connectivity index (χ2n) is 4.88. The minimum absolute atomic E-state index is 0.00856. The van der Waals surface area contributed by atoms with Crippen LogP contribution in [0.4, 0.5) is 0 Å². The molecule has 0 radical (unpaired) electrons. The molecular formula is C12H23N3O2. The molecule has 0 aromatic rings. The lowest BCUT2D eigenvalue weighted by molar-refractivity contribution is -0.137. The Kier molecular flexibility index (Phi) is 4.78. The Morgan fingerprint density at radius 3 is 2.29 bits per heavy atom. The van der Waals surface area contributed by atoms with E-state index in [9.17, 15) is 4.79 Å². The molecule has 1 aliphatic heterocycles. The Balaban J connectivity index is 2.84. The molecule has 1 aliphatic rings. The number of amides is 1. The summed E-state index contributed by atoms with van der Waals surface area (Å²) in [5.41, 5.74) is 4.79. The summed E-state index contributed by atoms with van der Waals surface area (Å²) in [6.07, 6.45) is 4.98. The third-order valence-corrected chi connectivity index (χ3v) is 3.75. The normalized spacial score (nSPS) is 21.8. The summed E-state index contributed by atoms with van der Waals surface area (Å²) in [7, 11) is 0. The standard InChI is InChI=1S/C12H23N3O2/c1-3-12(2,10(13)14-17)11(16)15-8-6-4-5-7-9-15/h17H,3-9H2,1-2H3,(H2,13,14). The number of hydrogen-bond acceptors (Lipinski definition) is 3. The summed E-state index contributed by atoms with van der Waals surface area (Å²) in [4.78, 5) is 14.3. The van der Waals surface area contributed by atoms with Gasteiger partial charge in [0.05, 0.1) is 0 Å². The van der Waals surface area contributed by atoms with Crippen molar-refractivity contribution in [2.45, 2.75) is 46.0 Å². The molecule has 0 aromatic heterocycles. The van der Waals surface area contributed by atoms with Crippen LogP contribution in [-0.2, 0) is 4.79 Å². The molecule has 5 nitrogen and oxygen atoms in total. The molecule has 1 fully saturated rings. The van der Waals surface area contributed by atoms with Crippen LogP contribution in [-0.4, -0.2) is 34.9 Å². The number of nitrogens with zero attached hydrogens (tertiary/aromatic N) is 2. The van der Waals surface area contributed by atoms with Crippen molar-refractivity contribution in [1.82, 2.24) is 4.90 Å². The number of likely N-dealkylation sites (tertiary alicyclic amines) is 1. The number of amidine groups is 1. The second kappa shape index (κ2) is 5.89. The highest BCUT2D eigenvalue weighted by atomic mass is 16.4. The largest absolute Gasteiger partial charge is 0.409 e. The van der Waals surface area contributed by atoms with E-state index in [2.05, 4.69) is 5.16 Å². The summed E-state index contributed by atoms with van der Waals surface area (Å²) in [5, 5.41) is 11.8. The summed E-state index contributed by atoms with van der Waals surface area (Å²) >= 11 is 0. The fourth-order valence-electron chi connectivity index (χ4n) is 2.18. The van der Waals surface area contributed by atoms with Gasteiger partial charge >= 0.3 is 0 Å². The summed E-state index contributed by atoms with van der Waals surface area (Å²) in [6, 6.07) is 0. The predicted molar refractivity (Wildman–Crippen MR) is 66.9 cm³/mol. The van der Waals surface area contributed by atoms with Crippen LogP contribution >= 0.6 is 0 Å². The van der Waals surface area contributed by atoms with E-state index in [1.165, 1.54) is 12.8 Å². The van der Waals surface area contributed by atoms with Gasteiger partial charge in [-0.05, 0) is 26.2 Å². The SMILES string of the molecule is CCC(C)(C(=O)N1CCCCCC1)C(N)=NO. The van der Waals surface area contributed by atoms with Gasteiger partial charge < -0.3 is 15.8 Å². The Morgan fingerprint density at radius 1 is 1.35 bits per heavy atom. The van der Waals surface area contributed by atoms with Gasteiger partial charge in [0.15, 0.2) is 5.84 Å². The van der Waals surface area contributed by atoms with E-state index < -0.39 is 5.41 Å². The minimum Gasteiger partial charge on any atom is -0.409 e. The number of carbonyl (C=O) groups is 1. The number of nitrogens with two attached hydrogens (primary N) is 1. The second-order valence-corrected chi connectivity index (χ2v) is 4.88. The molecule has 1 rings (SSSR count). The number of carbonyl (C=O) groups excluding carboxylic acids is 1. The molecule has 0 bridgehead atoms. The molecule has 0 aromatic carbocycles. The van der Waals surface area contributed by atoms with E-state index in [1.54, 1.807) is 6.92 Å². The lowest BCUT2D eigenvalue weighted by atomic mass is 9.84. The molecule has 0 spiro atoms. The van der Waals surface area contributed by atoms with E-state index in [0.29, 0.717) is 6.42 Å². The van der Waals surface area contributed by atoms with Gasteiger partial charge in [-0.3, -0.25) is 4.79 Å². The van der Waals surface area contributed by atoms with Crippen molar-refractivity contribution in [3.8, 4) is 0 Å². The first kappa shape index (κ1) is 13.8. The van der Waals surface area contributed by atoms with Crippen LogP contribution in [0.3, 0.4) is 0 Å². The molecule has 1 heterocycles. The van der Waals surface area contributed by atoms with E-state index in [-0.39, 0.29) is 11.7 Å². The zero-order valence-corrected chi connectivity index (χ0v) is 10.8. The van der Waals surface area contributed by atoms with Crippen LogP contribution in [0.2, 0.25) is 0 Å². The van der Waals surface area contributed by atoms with Crippen molar-refractivity contribution in [3.05, 3.63) is 0 Å². The molecule has 3 N–H and O–H groups in total. The molecule has 0 saturated carbocycles. The lowest BCUT2D eigenvalue weighted by Crippen LogP contribution is -2.49. The van der Waals surface area contributed by atoms with Gasteiger partial charge in [-0.2, -0.15) is 0 Å². The van der Waals surface area contributed by atoms with E-state index in [4.69, 9.17) is 10.9 Å². The molecular weight excluding hydrogens is 218 g/mol. The zero-order valence-electron chi connectivity index (χ0n) is 10.8. The number of rotatable bonds is 3. The summed E-state index contributed by atoms with van der Waals surface area (Å²) in [6.45, 7) is 5.20. The maximum absolute atomic E-state index is 12.5. The van der Waals surface area contributed by atoms with Gasteiger partial charge in [0.2, 0.25) is 5.91 Å². The fraction of sp³-hybridized carbons (Fsp3) is 0.833. The van der Waals surface area contributed by atoms with Crippen LogP contribution in [0.5, 0.6) is 0 Å². The van der Waals surface area contributed by atoms with Gasteiger partial charge in [0.25, 0.3) is 0 Å². The molecule has 17 heavy (non-hydrogen) atoms. The predicted octanol–water partition coefficient (Wildman–Crippen LogP) is 1.55. The first-order valence-electron chi connectivity index (χ1n) is 6.33. The fourth-order valence-corrected chi connectivity index (χ4v) is 2.18. The maximum Gasteiger partial charge on any atom is 0.236 e. The topological polar surface area (TPSA) is 78.9 Å². The Hall–Kier alpha value is -1.26. The van der Waals surface area contributed by atoms with Crippen molar-refractivity contribution < 1.29 is 10.0 Å². The first-order chi connectivity index (χ1) is 8.06. The van der Waals surface area contributed by atoms with Crippen LogP contribution < -0.4 is 5.73 Å². The van der Waals surface area contributed by atoms with Crippen LogP contribution in [0, 0.1) is 5.41 Å².